The molecule has 2 aromatic rings. The van der Waals surface area contributed by atoms with Gasteiger partial charge in [-0.05, 0) is 35.9 Å². The van der Waals surface area contributed by atoms with Crippen molar-refractivity contribution in [3.05, 3.63) is 52.8 Å². The molecule has 0 saturated heterocycles. The molecule has 25 heavy (non-hydrogen) atoms. The van der Waals surface area contributed by atoms with Crippen molar-refractivity contribution < 1.29 is 22.9 Å². The van der Waals surface area contributed by atoms with E-state index in [9.17, 15) is 13.4 Å². The lowest BCUT2D eigenvalue weighted by Gasteiger charge is -2.20. The summed E-state index contributed by atoms with van der Waals surface area (Å²) >= 11 is 6.14. The van der Waals surface area contributed by atoms with E-state index in [0.29, 0.717) is 41.0 Å². The van der Waals surface area contributed by atoms with Crippen molar-refractivity contribution in [2.45, 2.75) is 5.75 Å². The Morgan fingerprint density at radius 3 is 2.84 bits per heavy atom. The van der Waals surface area contributed by atoms with Gasteiger partial charge >= 0.3 is 0 Å². The van der Waals surface area contributed by atoms with Crippen LogP contribution in [0.1, 0.15) is 5.56 Å². The highest BCUT2D eigenvalue weighted by atomic mass is 35.5. The lowest BCUT2D eigenvalue weighted by atomic mass is 10.2. The molecule has 2 aromatic carbocycles. The van der Waals surface area contributed by atoms with Crippen LogP contribution in [0.15, 0.2) is 36.4 Å². The third-order valence-electron chi connectivity index (χ3n) is 3.38. The molecule has 3 rings (SSSR count). The molecule has 0 bridgehead atoms. The molecular formula is C17H15ClFNO4S. The Bertz CT molecular complexity index is 830. The molecule has 0 aromatic heterocycles. The third-order valence-corrected chi connectivity index (χ3v) is 4.90. The third kappa shape index (κ3) is 4.70. The first-order chi connectivity index (χ1) is 12.0. The van der Waals surface area contributed by atoms with Gasteiger partial charge in [-0.2, -0.15) is 0 Å². The SMILES string of the molecule is O=C(C[S@@](=O)Cc1cc(Cl)c2c(c1)OCCO2)Nc1cccc(F)c1. The molecule has 132 valence electrons. The molecule has 5 nitrogen and oxygen atoms in total. The van der Waals surface area contributed by atoms with E-state index in [0.717, 1.165) is 0 Å². The maximum Gasteiger partial charge on any atom is 0.237 e. The van der Waals surface area contributed by atoms with Crippen LogP contribution in [0.3, 0.4) is 0 Å². The second-order valence-electron chi connectivity index (χ2n) is 5.39. The second-order valence-corrected chi connectivity index (χ2v) is 7.25. The van der Waals surface area contributed by atoms with Crippen LogP contribution < -0.4 is 14.8 Å². The molecule has 0 spiro atoms. The topological polar surface area (TPSA) is 64.6 Å². The number of hydrogen-bond donors (Lipinski definition) is 1. The van der Waals surface area contributed by atoms with Crippen LogP contribution in [0.5, 0.6) is 11.5 Å². The standard InChI is InChI=1S/C17H15ClFNO4S/c18-14-6-11(7-15-17(14)24-5-4-23-15)9-25(22)10-16(21)20-13-3-1-2-12(19)8-13/h1-3,6-8H,4-5,9-10H2,(H,20,21)/t25-/m0/s1. The zero-order valence-electron chi connectivity index (χ0n) is 13.1. The number of fused-ring (bicyclic) bond motifs is 1. The van der Waals surface area contributed by atoms with E-state index in [1.54, 1.807) is 18.2 Å². The maximum atomic E-state index is 13.1. The summed E-state index contributed by atoms with van der Waals surface area (Å²) in [5, 5.41) is 2.90. The molecule has 0 unspecified atom stereocenters. The molecule has 1 aliphatic rings. The Morgan fingerprint density at radius 2 is 2.04 bits per heavy atom. The molecule has 1 amide bonds. The number of nitrogens with one attached hydrogen (secondary N) is 1. The number of carbonyl (C=O) groups is 1. The summed E-state index contributed by atoms with van der Waals surface area (Å²) in [5.74, 6) is 0.0221. The molecule has 0 radical (unpaired) electrons. The lowest BCUT2D eigenvalue weighted by Crippen LogP contribution is -2.20. The predicted molar refractivity (Wildman–Crippen MR) is 94.2 cm³/mol. The zero-order valence-corrected chi connectivity index (χ0v) is 14.7. The van der Waals surface area contributed by atoms with E-state index >= 15 is 0 Å². The number of hydrogen-bond acceptors (Lipinski definition) is 4. The Morgan fingerprint density at radius 1 is 1.24 bits per heavy atom. The van der Waals surface area contributed by atoms with Crippen LogP contribution in [-0.2, 0) is 21.3 Å². The van der Waals surface area contributed by atoms with Gasteiger partial charge in [0.2, 0.25) is 5.91 Å². The smallest absolute Gasteiger partial charge is 0.237 e. The number of halogens is 2. The first-order valence-electron chi connectivity index (χ1n) is 7.49. The molecule has 1 aliphatic heterocycles. The number of ether oxygens (including phenoxy) is 2. The lowest BCUT2D eigenvalue weighted by molar-refractivity contribution is -0.113. The van der Waals surface area contributed by atoms with Gasteiger partial charge in [-0.15, -0.1) is 0 Å². The summed E-state index contributed by atoms with van der Waals surface area (Å²) < 4.78 is 36.2. The minimum Gasteiger partial charge on any atom is -0.486 e. The van der Waals surface area contributed by atoms with E-state index in [1.165, 1.54) is 18.2 Å². The summed E-state index contributed by atoms with van der Waals surface area (Å²) in [5.41, 5.74) is 1.01. The fourth-order valence-electron chi connectivity index (χ4n) is 2.39. The largest absolute Gasteiger partial charge is 0.486 e. The van der Waals surface area contributed by atoms with Gasteiger partial charge in [0.05, 0.1) is 5.02 Å². The average Bonchev–Trinajstić information content (AvgIpc) is 2.54. The zero-order chi connectivity index (χ0) is 17.8. The molecular weight excluding hydrogens is 369 g/mol. The molecule has 0 aliphatic carbocycles. The number of anilines is 1. The molecule has 1 atom stereocenters. The van der Waals surface area contributed by atoms with Crippen LogP contribution in [0.2, 0.25) is 5.02 Å². The molecule has 0 fully saturated rings. The normalized spacial score (nSPS) is 14.0. The highest BCUT2D eigenvalue weighted by Gasteiger charge is 2.18. The van der Waals surface area contributed by atoms with E-state index < -0.39 is 22.5 Å². The van der Waals surface area contributed by atoms with Crippen LogP contribution in [0, 0.1) is 5.82 Å². The van der Waals surface area contributed by atoms with E-state index in [1.807, 2.05) is 0 Å². The summed E-state index contributed by atoms with van der Waals surface area (Å²) in [4.78, 5) is 11.9. The van der Waals surface area contributed by atoms with Crippen LogP contribution >= 0.6 is 11.6 Å². The molecule has 8 heteroatoms. The minimum absolute atomic E-state index is 0.146. The first-order valence-corrected chi connectivity index (χ1v) is 9.36. The van der Waals surface area contributed by atoms with Gasteiger partial charge in [-0.3, -0.25) is 9.00 Å². The Hall–Kier alpha value is -2.12. The van der Waals surface area contributed by atoms with E-state index in [-0.39, 0.29) is 11.5 Å². The van der Waals surface area contributed by atoms with Gasteiger partial charge in [-0.25, -0.2) is 4.39 Å². The van der Waals surface area contributed by atoms with Gasteiger partial charge < -0.3 is 14.8 Å². The van der Waals surface area contributed by atoms with E-state index in [4.69, 9.17) is 21.1 Å². The van der Waals surface area contributed by atoms with Crippen LogP contribution in [0.4, 0.5) is 10.1 Å². The van der Waals surface area contributed by atoms with E-state index in [2.05, 4.69) is 5.32 Å². The van der Waals surface area contributed by atoms with Crippen molar-refractivity contribution in [2.75, 3.05) is 24.3 Å². The van der Waals surface area contributed by atoms with Crippen molar-refractivity contribution in [1.82, 2.24) is 0 Å². The van der Waals surface area contributed by atoms with Crippen LogP contribution in [0.25, 0.3) is 0 Å². The van der Waals surface area contributed by atoms with Gasteiger partial charge in [0.25, 0.3) is 0 Å². The van der Waals surface area contributed by atoms with Crippen molar-refractivity contribution in [3.8, 4) is 11.5 Å². The highest BCUT2D eigenvalue weighted by Crippen LogP contribution is 2.38. The number of carbonyl (C=O) groups excluding carboxylic acids is 1. The van der Waals surface area contributed by atoms with Gasteiger partial charge in [-0.1, -0.05) is 17.7 Å². The summed E-state index contributed by atoms with van der Waals surface area (Å²) in [6.07, 6.45) is 0. The van der Waals surface area contributed by atoms with Crippen molar-refractivity contribution in [3.63, 3.8) is 0 Å². The summed E-state index contributed by atoms with van der Waals surface area (Å²) in [6.45, 7) is 0.851. The fraction of sp³-hybridized carbons (Fsp3) is 0.235. The van der Waals surface area contributed by atoms with Crippen molar-refractivity contribution >= 4 is 34.0 Å². The quantitative estimate of drug-likeness (QED) is 0.861. The molecule has 1 N–H and O–H groups in total. The predicted octanol–water partition coefficient (Wildman–Crippen LogP) is 3.14. The summed E-state index contributed by atoms with van der Waals surface area (Å²) in [7, 11) is -1.45. The molecule has 0 saturated carbocycles. The first kappa shape index (κ1) is 17.7. The van der Waals surface area contributed by atoms with Crippen LogP contribution in [-0.4, -0.2) is 29.1 Å². The maximum absolute atomic E-state index is 13.1. The fourth-order valence-corrected chi connectivity index (χ4v) is 3.69. The van der Waals surface area contributed by atoms with Crippen molar-refractivity contribution in [2.24, 2.45) is 0 Å². The molecule has 1 heterocycles. The van der Waals surface area contributed by atoms with Gasteiger partial charge in [0.1, 0.15) is 24.8 Å². The van der Waals surface area contributed by atoms with Gasteiger partial charge in [0, 0.05) is 22.2 Å². The number of rotatable bonds is 5. The Kier molecular flexibility index (Phi) is 5.55. The summed E-state index contributed by atoms with van der Waals surface area (Å²) in [6, 6.07) is 8.88. The number of amides is 1. The highest BCUT2D eigenvalue weighted by molar-refractivity contribution is 7.84. The Balaban J connectivity index is 1.60. The number of benzene rings is 2. The Labute approximate surface area is 151 Å². The second kappa shape index (κ2) is 7.84. The van der Waals surface area contributed by atoms with Crippen molar-refractivity contribution in [1.29, 1.82) is 0 Å². The minimum atomic E-state index is -1.45. The monoisotopic (exact) mass is 383 g/mol. The average molecular weight is 384 g/mol. The van der Waals surface area contributed by atoms with Gasteiger partial charge in [0.15, 0.2) is 11.5 Å².